The zero-order chi connectivity index (χ0) is 15.5. The monoisotopic (exact) mass is 306 g/mol. The van der Waals surface area contributed by atoms with Crippen LogP contribution in [0, 0.1) is 0 Å². The third-order valence-corrected chi connectivity index (χ3v) is 3.19. The van der Waals surface area contributed by atoms with Crippen molar-refractivity contribution in [1.82, 2.24) is 0 Å². The maximum absolute atomic E-state index is 11.5. The molecular weight excluding hydrogens is 288 g/mol. The van der Waals surface area contributed by atoms with Gasteiger partial charge in [-0.15, -0.1) is 0 Å². The van der Waals surface area contributed by atoms with Crippen molar-refractivity contribution in [1.29, 1.82) is 0 Å². The van der Waals surface area contributed by atoms with Gasteiger partial charge in [0.1, 0.15) is 12.4 Å². The van der Waals surface area contributed by atoms with E-state index < -0.39 is 5.97 Å². The first-order chi connectivity index (χ1) is 10.2. The predicted molar refractivity (Wildman–Crippen MR) is 85.3 cm³/mol. The highest BCUT2D eigenvalue weighted by Crippen LogP contribution is 2.12. The summed E-state index contributed by atoms with van der Waals surface area (Å²) in [5, 5.41) is -0.0395. The molecule has 21 heavy (non-hydrogen) atoms. The Morgan fingerprint density at radius 3 is 2.52 bits per heavy atom. The molecule has 0 saturated carbocycles. The molecule has 0 radical (unpaired) electrons. The number of ether oxygens (including phenoxy) is 2. The second-order valence-electron chi connectivity index (χ2n) is 3.94. The number of allylic oxidation sites excluding steroid dienone is 1. The molecule has 0 aromatic heterocycles. The molecule has 0 saturated heterocycles. The fourth-order valence-electron chi connectivity index (χ4n) is 1.40. The van der Waals surface area contributed by atoms with Gasteiger partial charge in [0.15, 0.2) is 0 Å². The summed E-state index contributed by atoms with van der Waals surface area (Å²) in [5.41, 5.74) is 0.880. The maximum Gasteiger partial charge on any atom is 0.330 e. The summed E-state index contributed by atoms with van der Waals surface area (Å²) in [4.78, 5) is 22.6. The van der Waals surface area contributed by atoms with E-state index in [4.69, 9.17) is 9.47 Å². The standard InChI is InChI=1S/C16H18O4S/c1-3-4-16(18)21-12-11-20-15(17)10-7-13-5-8-14(19-2)9-6-13/h3-10H,11-12H2,1-2H3. The maximum atomic E-state index is 11.5. The molecule has 0 atom stereocenters. The first kappa shape index (κ1) is 17.0. The molecule has 0 aliphatic carbocycles. The van der Waals surface area contributed by atoms with Gasteiger partial charge in [-0.1, -0.05) is 30.0 Å². The quantitative estimate of drug-likeness (QED) is 0.440. The zero-order valence-corrected chi connectivity index (χ0v) is 12.9. The van der Waals surface area contributed by atoms with Crippen LogP contribution in [0.2, 0.25) is 0 Å². The van der Waals surface area contributed by atoms with Crippen LogP contribution in [0.25, 0.3) is 6.08 Å². The third-order valence-electron chi connectivity index (χ3n) is 2.40. The van der Waals surface area contributed by atoms with Crippen molar-refractivity contribution in [2.45, 2.75) is 6.92 Å². The minimum atomic E-state index is -0.426. The first-order valence-corrected chi connectivity index (χ1v) is 7.42. The highest BCUT2D eigenvalue weighted by atomic mass is 32.2. The molecule has 4 nitrogen and oxygen atoms in total. The number of benzene rings is 1. The van der Waals surface area contributed by atoms with Crippen LogP contribution in [0.5, 0.6) is 5.75 Å². The molecule has 0 unspecified atom stereocenters. The number of hydrogen-bond donors (Lipinski definition) is 0. The van der Waals surface area contributed by atoms with Crippen molar-refractivity contribution in [3.8, 4) is 5.75 Å². The Kier molecular flexibility index (Phi) is 7.97. The van der Waals surface area contributed by atoms with Gasteiger partial charge in [0.2, 0.25) is 5.12 Å². The van der Waals surface area contributed by atoms with Gasteiger partial charge in [-0.25, -0.2) is 4.79 Å². The van der Waals surface area contributed by atoms with E-state index in [9.17, 15) is 9.59 Å². The molecule has 1 aromatic carbocycles. The van der Waals surface area contributed by atoms with Gasteiger partial charge in [-0.2, -0.15) is 0 Å². The lowest BCUT2D eigenvalue weighted by Gasteiger charge is -2.01. The van der Waals surface area contributed by atoms with Gasteiger partial charge >= 0.3 is 5.97 Å². The molecule has 0 aliphatic heterocycles. The van der Waals surface area contributed by atoms with Crippen LogP contribution in [0.15, 0.2) is 42.5 Å². The number of carbonyl (C=O) groups excluding carboxylic acids is 2. The molecular formula is C16H18O4S. The molecule has 0 amide bonds. The molecule has 1 aromatic rings. The molecule has 5 heteroatoms. The van der Waals surface area contributed by atoms with Crippen molar-refractivity contribution >= 4 is 28.9 Å². The van der Waals surface area contributed by atoms with Crippen LogP contribution in [0.3, 0.4) is 0 Å². The van der Waals surface area contributed by atoms with Crippen molar-refractivity contribution in [2.75, 3.05) is 19.5 Å². The Morgan fingerprint density at radius 1 is 1.19 bits per heavy atom. The Balaban J connectivity index is 2.29. The largest absolute Gasteiger partial charge is 0.497 e. The van der Waals surface area contributed by atoms with Gasteiger partial charge in [-0.05, 0) is 36.8 Å². The zero-order valence-electron chi connectivity index (χ0n) is 12.1. The van der Waals surface area contributed by atoms with E-state index in [1.165, 1.54) is 12.2 Å². The lowest BCUT2D eigenvalue weighted by molar-refractivity contribution is -0.137. The molecule has 0 N–H and O–H groups in total. The van der Waals surface area contributed by atoms with Crippen molar-refractivity contribution in [3.05, 3.63) is 48.1 Å². The average molecular weight is 306 g/mol. The second kappa shape index (κ2) is 9.83. The van der Waals surface area contributed by atoms with Crippen molar-refractivity contribution < 1.29 is 19.1 Å². The van der Waals surface area contributed by atoms with Crippen molar-refractivity contribution in [2.24, 2.45) is 0 Å². The van der Waals surface area contributed by atoms with Crippen LogP contribution in [-0.4, -0.2) is 30.6 Å². The highest BCUT2D eigenvalue weighted by molar-refractivity contribution is 8.14. The van der Waals surface area contributed by atoms with Gasteiger partial charge in [0.25, 0.3) is 0 Å². The molecule has 0 aliphatic rings. The number of carbonyl (C=O) groups is 2. The lowest BCUT2D eigenvalue weighted by atomic mass is 10.2. The third kappa shape index (κ3) is 7.37. The lowest BCUT2D eigenvalue weighted by Crippen LogP contribution is -2.05. The van der Waals surface area contributed by atoms with Crippen LogP contribution in [-0.2, 0) is 14.3 Å². The number of hydrogen-bond acceptors (Lipinski definition) is 5. The second-order valence-corrected chi connectivity index (χ2v) is 5.04. The summed E-state index contributed by atoms with van der Waals surface area (Å²) in [7, 11) is 1.60. The van der Waals surface area contributed by atoms with Crippen LogP contribution in [0.4, 0.5) is 0 Å². The van der Waals surface area contributed by atoms with Gasteiger partial charge in [0.05, 0.1) is 7.11 Å². The number of rotatable bonds is 7. The summed E-state index contributed by atoms with van der Waals surface area (Å²) < 4.78 is 10.0. The molecule has 0 spiro atoms. The normalized spacial score (nSPS) is 11.0. The summed E-state index contributed by atoms with van der Waals surface area (Å²) in [6.07, 6.45) is 6.19. The van der Waals surface area contributed by atoms with Crippen LogP contribution in [0.1, 0.15) is 12.5 Å². The number of thioether (sulfide) groups is 1. The molecule has 0 heterocycles. The summed E-state index contributed by atoms with van der Waals surface area (Å²) in [6.45, 7) is 1.99. The predicted octanol–water partition coefficient (Wildman–Crippen LogP) is 3.09. The van der Waals surface area contributed by atoms with Gasteiger partial charge in [0, 0.05) is 11.8 Å². The van der Waals surface area contributed by atoms with Gasteiger partial charge in [-0.3, -0.25) is 4.79 Å². The van der Waals surface area contributed by atoms with E-state index in [-0.39, 0.29) is 11.7 Å². The van der Waals surface area contributed by atoms with E-state index in [0.29, 0.717) is 5.75 Å². The number of esters is 1. The van der Waals surface area contributed by atoms with E-state index in [1.807, 2.05) is 24.3 Å². The van der Waals surface area contributed by atoms with Crippen LogP contribution >= 0.6 is 11.8 Å². The van der Waals surface area contributed by atoms with Crippen molar-refractivity contribution in [3.63, 3.8) is 0 Å². The van der Waals surface area contributed by atoms with E-state index in [1.54, 1.807) is 26.2 Å². The molecule has 1 rings (SSSR count). The average Bonchev–Trinajstić information content (AvgIpc) is 2.50. The highest BCUT2D eigenvalue weighted by Gasteiger charge is 2.00. The summed E-state index contributed by atoms with van der Waals surface area (Å²) >= 11 is 1.12. The smallest absolute Gasteiger partial charge is 0.330 e. The Morgan fingerprint density at radius 2 is 1.90 bits per heavy atom. The Bertz CT molecular complexity index is 518. The van der Waals surface area contributed by atoms with Gasteiger partial charge < -0.3 is 9.47 Å². The van der Waals surface area contributed by atoms with E-state index in [0.717, 1.165) is 23.1 Å². The Labute approximate surface area is 128 Å². The molecule has 0 fully saturated rings. The van der Waals surface area contributed by atoms with Crippen LogP contribution < -0.4 is 4.74 Å². The summed E-state index contributed by atoms with van der Waals surface area (Å²) in [6, 6.07) is 7.31. The topological polar surface area (TPSA) is 52.6 Å². The SMILES string of the molecule is CC=CC(=O)SCCOC(=O)C=Cc1ccc(OC)cc1. The minimum absolute atomic E-state index is 0.0395. The van der Waals surface area contributed by atoms with E-state index >= 15 is 0 Å². The summed E-state index contributed by atoms with van der Waals surface area (Å²) in [5.74, 6) is 0.785. The number of methoxy groups -OCH3 is 1. The van der Waals surface area contributed by atoms with E-state index in [2.05, 4.69) is 0 Å². The molecule has 112 valence electrons. The fourth-order valence-corrected chi connectivity index (χ4v) is 2.00. The first-order valence-electron chi connectivity index (χ1n) is 6.44. The minimum Gasteiger partial charge on any atom is -0.497 e. The Hall–Kier alpha value is -2.01. The molecule has 0 bridgehead atoms. The fraction of sp³-hybridized carbons (Fsp3) is 0.250.